The van der Waals surface area contributed by atoms with E-state index < -0.39 is 0 Å². The largest absolute Gasteiger partial charge is 0.379 e. The van der Waals surface area contributed by atoms with Crippen LogP contribution in [0.3, 0.4) is 0 Å². The van der Waals surface area contributed by atoms with Crippen molar-refractivity contribution in [2.24, 2.45) is 5.73 Å². The maximum absolute atomic E-state index is 11.7. The van der Waals surface area contributed by atoms with Crippen molar-refractivity contribution < 1.29 is 0 Å². The number of nitrogens with two attached hydrogens (primary N) is 1. The molecule has 1 aromatic heterocycles. The minimum absolute atomic E-state index is 0. The molecule has 8 heteroatoms. The normalized spacial score (nSPS) is 10.1. The summed E-state index contributed by atoms with van der Waals surface area (Å²) in [5.74, 6) is 0.831. The number of aromatic nitrogens is 2. The number of hydrogen-bond donors (Lipinski definition) is 3. The Morgan fingerprint density at radius 2 is 2.28 bits per heavy atom. The van der Waals surface area contributed by atoms with Gasteiger partial charge in [0.1, 0.15) is 5.82 Å². The molecule has 1 aromatic carbocycles. The number of fused-ring (bicyclic) bond motifs is 1. The summed E-state index contributed by atoms with van der Waals surface area (Å²) in [5, 5.41) is 8.10. The summed E-state index contributed by atoms with van der Waals surface area (Å²) < 4.78 is 0. The number of rotatable bonds is 2. The van der Waals surface area contributed by atoms with Crippen molar-refractivity contribution >= 4 is 51.8 Å². The standard InChI is InChI=1S/C10H9ClN4OS.ClH/c11-5-1-2-6-7(3-5)14-8(15-9(6)16)4-17-10(12)13;/h1-3H,4H2,(H3,12,13)(H,14,15,16);1H. The Morgan fingerprint density at radius 1 is 1.56 bits per heavy atom. The number of nitrogens with one attached hydrogen (secondary N) is 2. The van der Waals surface area contributed by atoms with Gasteiger partial charge < -0.3 is 10.7 Å². The Bertz CT molecular complexity index is 643. The minimum Gasteiger partial charge on any atom is -0.379 e. The molecule has 5 nitrogen and oxygen atoms in total. The first-order valence-electron chi connectivity index (χ1n) is 4.71. The van der Waals surface area contributed by atoms with Crippen molar-refractivity contribution in [3.8, 4) is 0 Å². The number of aromatic amines is 1. The maximum Gasteiger partial charge on any atom is 0.258 e. The van der Waals surface area contributed by atoms with Gasteiger partial charge in [-0.2, -0.15) is 0 Å². The molecule has 0 aliphatic rings. The monoisotopic (exact) mass is 304 g/mol. The van der Waals surface area contributed by atoms with E-state index in [1.54, 1.807) is 18.2 Å². The van der Waals surface area contributed by atoms with Crippen molar-refractivity contribution in [1.29, 1.82) is 5.41 Å². The highest BCUT2D eigenvalue weighted by atomic mass is 35.5. The van der Waals surface area contributed by atoms with Gasteiger partial charge >= 0.3 is 0 Å². The van der Waals surface area contributed by atoms with Crippen LogP contribution in [0.1, 0.15) is 5.82 Å². The van der Waals surface area contributed by atoms with Crippen molar-refractivity contribution in [1.82, 2.24) is 9.97 Å². The van der Waals surface area contributed by atoms with E-state index in [1.807, 2.05) is 0 Å². The summed E-state index contributed by atoms with van der Waals surface area (Å²) >= 11 is 6.94. The van der Waals surface area contributed by atoms with E-state index in [4.69, 9.17) is 22.7 Å². The second kappa shape index (κ2) is 6.08. The molecule has 0 aliphatic heterocycles. The molecule has 96 valence electrons. The fraction of sp³-hybridized carbons (Fsp3) is 0.100. The van der Waals surface area contributed by atoms with Crippen LogP contribution in [-0.2, 0) is 5.75 Å². The lowest BCUT2D eigenvalue weighted by Gasteiger charge is -2.02. The van der Waals surface area contributed by atoms with Crippen molar-refractivity contribution in [2.45, 2.75) is 5.75 Å². The van der Waals surface area contributed by atoms with Gasteiger partial charge in [0, 0.05) is 5.02 Å². The molecule has 0 bridgehead atoms. The van der Waals surface area contributed by atoms with Crippen molar-refractivity contribution in [3.63, 3.8) is 0 Å². The average Bonchev–Trinajstić information content (AvgIpc) is 2.25. The lowest BCUT2D eigenvalue weighted by atomic mass is 10.2. The second-order valence-electron chi connectivity index (χ2n) is 3.33. The SMILES string of the molecule is Cl.N=C(N)SCc1nc2cc(Cl)ccc2c(=O)[nH]1. The zero-order valence-electron chi connectivity index (χ0n) is 9.07. The van der Waals surface area contributed by atoms with E-state index in [2.05, 4.69) is 9.97 Å². The second-order valence-corrected chi connectivity index (χ2v) is 4.78. The number of halogens is 2. The van der Waals surface area contributed by atoms with Crippen LogP contribution in [0.4, 0.5) is 0 Å². The van der Waals surface area contributed by atoms with E-state index in [0.29, 0.717) is 27.5 Å². The molecule has 0 atom stereocenters. The van der Waals surface area contributed by atoms with Gasteiger partial charge in [-0.1, -0.05) is 23.4 Å². The molecular formula is C10H10Cl2N4OS. The van der Waals surface area contributed by atoms with Gasteiger partial charge in [0.05, 0.1) is 16.7 Å². The van der Waals surface area contributed by atoms with Gasteiger partial charge in [-0.05, 0) is 18.2 Å². The van der Waals surface area contributed by atoms with Gasteiger partial charge in [-0.3, -0.25) is 10.2 Å². The van der Waals surface area contributed by atoms with Gasteiger partial charge in [0.2, 0.25) is 0 Å². The first-order valence-corrected chi connectivity index (χ1v) is 6.08. The fourth-order valence-corrected chi connectivity index (χ4v) is 1.97. The van der Waals surface area contributed by atoms with Gasteiger partial charge in [-0.25, -0.2) is 4.98 Å². The molecule has 0 amide bonds. The van der Waals surface area contributed by atoms with Crippen LogP contribution in [-0.4, -0.2) is 15.1 Å². The number of benzene rings is 1. The smallest absolute Gasteiger partial charge is 0.258 e. The van der Waals surface area contributed by atoms with Gasteiger partial charge in [-0.15, -0.1) is 12.4 Å². The topological polar surface area (TPSA) is 95.6 Å². The van der Waals surface area contributed by atoms with Crippen LogP contribution in [0.5, 0.6) is 0 Å². The number of amidine groups is 1. The molecule has 1 heterocycles. The molecule has 0 saturated heterocycles. The number of nitrogens with zero attached hydrogens (tertiary/aromatic N) is 1. The number of H-pyrrole nitrogens is 1. The van der Waals surface area contributed by atoms with E-state index >= 15 is 0 Å². The van der Waals surface area contributed by atoms with E-state index in [9.17, 15) is 4.79 Å². The minimum atomic E-state index is -0.217. The summed E-state index contributed by atoms with van der Waals surface area (Å²) in [6.45, 7) is 0. The predicted molar refractivity (Wildman–Crippen MR) is 77.8 cm³/mol. The molecular weight excluding hydrogens is 295 g/mol. The molecule has 0 radical (unpaired) electrons. The van der Waals surface area contributed by atoms with E-state index in [1.165, 1.54) is 0 Å². The molecule has 2 rings (SSSR count). The Kier molecular flexibility index (Phi) is 5.01. The highest BCUT2D eigenvalue weighted by Gasteiger charge is 2.05. The third kappa shape index (κ3) is 3.38. The molecule has 0 unspecified atom stereocenters. The number of hydrogen-bond acceptors (Lipinski definition) is 4. The molecule has 0 spiro atoms. The Morgan fingerprint density at radius 3 is 2.94 bits per heavy atom. The van der Waals surface area contributed by atoms with Crippen LogP contribution < -0.4 is 11.3 Å². The maximum atomic E-state index is 11.7. The zero-order chi connectivity index (χ0) is 12.4. The van der Waals surface area contributed by atoms with Gasteiger partial charge in [0.25, 0.3) is 5.56 Å². The Labute approximate surface area is 118 Å². The van der Waals surface area contributed by atoms with Crippen LogP contribution in [0, 0.1) is 5.41 Å². The number of thioether (sulfide) groups is 1. The van der Waals surface area contributed by atoms with Crippen LogP contribution in [0.2, 0.25) is 5.02 Å². The molecule has 2 aromatic rings. The zero-order valence-corrected chi connectivity index (χ0v) is 11.5. The highest BCUT2D eigenvalue weighted by molar-refractivity contribution is 8.12. The van der Waals surface area contributed by atoms with Gasteiger partial charge in [0.15, 0.2) is 5.17 Å². The molecule has 0 aliphatic carbocycles. The molecule has 18 heavy (non-hydrogen) atoms. The summed E-state index contributed by atoms with van der Waals surface area (Å²) in [4.78, 5) is 18.6. The average molecular weight is 305 g/mol. The fourth-order valence-electron chi connectivity index (χ4n) is 1.38. The predicted octanol–water partition coefficient (Wildman–Crippen LogP) is 2.12. The first-order chi connectivity index (χ1) is 8.06. The quantitative estimate of drug-likeness (QED) is 0.585. The molecule has 0 saturated carbocycles. The van der Waals surface area contributed by atoms with E-state index in [-0.39, 0.29) is 23.1 Å². The lowest BCUT2D eigenvalue weighted by Crippen LogP contribution is -2.12. The first kappa shape index (κ1) is 14.8. The van der Waals surface area contributed by atoms with Crippen molar-refractivity contribution in [3.05, 3.63) is 39.4 Å². The third-order valence-electron chi connectivity index (χ3n) is 2.08. The summed E-state index contributed by atoms with van der Waals surface area (Å²) in [6.07, 6.45) is 0. The Hall–Kier alpha value is -1.24. The highest BCUT2D eigenvalue weighted by Crippen LogP contribution is 2.15. The summed E-state index contributed by atoms with van der Waals surface area (Å²) in [7, 11) is 0. The molecule has 4 N–H and O–H groups in total. The lowest BCUT2D eigenvalue weighted by molar-refractivity contribution is 1.04. The van der Waals surface area contributed by atoms with Crippen LogP contribution in [0.15, 0.2) is 23.0 Å². The van der Waals surface area contributed by atoms with Crippen LogP contribution >= 0.6 is 35.8 Å². The summed E-state index contributed by atoms with van der Waals surface area (Å²) in [5.41, 5.74) is 5.55. The molecule has 0 fully saturated rings. The van der Waals surface area contributed by atoms with E-state index in [0.717, 1.165) is 11.8 Å². The third-order valence-corrected chi connectivity index (χ3v) is 3.05. The summed E-state index contributed by atoms with van der Waals surface area (Å²) in [6, 6.07) is 4.91. The van der Waals surface area contributed by atoms with Crippen LogP contribution in [0.25, 0.3) is 10.9 Å². The Balaban J connectivity index is 0.00000162. The van der Waals surface area contributed by atoms with Crippen molar-refractivity contribution in [2.75, 3.05) is 0 Å².